The van der Waals surface area contributed by atoms with E-state index in [1.54, 1.807) is 4.31 Å². The van der Waals surface area contributed by atoms with Crippen LogP contribution >= 0.6 is 0 Å². The number of sulfonamides is 1. The third-order valence-electron chi connectivity index (χ3n) is 3.38. The van der Waals surface area contributed by atoms with Gasteiger partial charge in [-0.3, -0.25) is 0 Å². The molecular weight excluding hydrogens is 286 g/mol. The SMILES string of the molecule is C[Si](C)(C)CCS(=O)(=O)N1CC1/C=C/c1ccccc1. The van der Waals surface area contributed by atoms with E-state index in [0.717, 1.165) is 11.6 Å². The summed E-state index contributed by atoms with van der Waals surface area (Å²) in [6.07, 6.45) is 3.99. The molecule has 2 rings (SSSR count). The highest BCUT2D eigenvalue weighted by molar-refractivity contribution is 7.89. The van der Waals surface area contributed by atoms with Crippen LogP contribution in [-0.2, 0) is 10.0 Å². The lowest BCUT2D eigenvalue weighted by molar-refractivity contribution is 0.559. The highest BCUT2D eigenvalue weighted by Gasteiger charge is 2.41. The minimum absolute atomic E-state index is 0.0573. The zero-order valence-corrected chi connectivity index (χ0v) is 14.2. The molecule has 110 valence electrons. The fourth-order valence-corrected chi connectivity index (χ4v) is 6.53. The monoisotopic (exact) mass is 309 g/mol. The molecule has 20 heavy (non-hydrogen) atoms. The first-order valence-corrected chi connectivity index (χ1v) is 12.3. The molecule has 0 aliphatic carbocycles. The first kappa shape index (κ1) is 15.5. The van der Waals surface area contributed by atoms with Crippen molar-refractivity contribution in [2.24, 2.45) is 0 Å². The first-order valence-electron chi connectivity index (χ1n) is 7.01. The molecule has 1 saturated heterocycles. The molecule has 1 aliphatic heterocycles. The van der Waals surface area contributed by atoms with Crippen LogP contribution in [0.3, 0.4) is 0 Å². The van der Waals surface area contributed by atoms with Gasteiger partial charge in [-0.05, 0) is 11.6 Å². The molecule has 0 N–H and O–H groups in total. The third-order valence-corrected chi connectivity index (χ3v) is 7.35. The summed E-state index contributed by atoms with van der Waals surface area (Å²) < 4.78 is 26.0. The lowest BCUT2D eigenvalue weighted by atomic mass is 10.2. The van der Waals surface area contributed by atoms with Crippen LogP contribution in [0, 0.1) is 0 Å². The smallest absolute Gasteiger partial charge is 0.212 e. The maximum atomic E-state index is 12.2. The van der Waals surface area contributed by atoms with E-state index in [1.165, 1.54) is 0 Å². The first-order chi connectivity index (χ1) is 9.28. The molecule has 1 aromatic carbocycles. The van der Waals surface area contributed by atoms with Gasteiger partial charge in [0.15, 0.2) is 0 Å². The molecule has 2 unspecified atom stereocenters. The van der Waals surface area contributed by atoms with Gasteiger partial charge in [0, 0.05) is 14.6 Å². The van der Waals surface area contributed by atoms with E-state index in [-0.39, 0.29) is 6.04 Å². The number of benzene rings is 1. The van der Waals surface area contributed by atoms with Gasteiger partial charge in [-0.25, -0.2) is 8.42 Å². The molecule has 1 heterocycles. The van der Waals surface area contributed by atoms with E-state index in [4.69, 9.17) is 0 Å². The van der Waals surface area contributed by atoms with Crippen LogP contribution in [0.25, 0.3) is 6.08 Å². The van der Waals surface area contributed by atoms with Crippen molar-refractivity contribution in [3.05, 3.63) is 42.0 Å². The standard InChI is InChI=1S/C15H23NO2SSi/c1-20(2,3)12-11-19(17,18)16-13-15(16)10-9-14-7-5-4-6-8-14/h4-10,15H,11-13H2,1-3H3/b10-9+. The molecule has 0 aromatic heterocycles. The van der Waals surface area contributed by atoms with Crippen LogP contribution in [0.15, 0.2) is 36.4 Å². The van der Waals surface area contributed by atoms with Crippen LogP contribution in [0.5, 0.6) is 0 Å². The van der Waals surface area contributed by atoms with Crippen molar-refractivity contribution in [1.29, 1.82) is 0 Å². The second-order valence-electron chi connectivity index (χ2n) is 6.53. The Morgan fingerprint density at radius 3 is 2.50 bits per heavy atom. The molecular formula is C15H23NO2SSi. The summed E-state index contributed by atoms with van der Waals surface area (Å²) in [5, 5.41) is 0. The summed E-state index contributed by atoms with van der Waals surface area (Å²) in [5.74, 6) is 0.304. The summed E-state index contributed by atoms with van der Waals surface area (Å²) in [6, 6.07) is 10.9. The Morgan fingerprint density at radius 1 is 1.25 bits per heavy atom. The van der Waals surface area contributed by atoms with E-state index in [2.05, 4.69) is 19.6 Å². The predicted octanol–water partition coefficient (Wildman–Crippen LogP) is 3.05. The van der Waals surface area contributed by atoms with Gasteiger partial charge in [-0.1, -0.05) is 62.1 Å². The Hall–Kier alpha value is -0.913. The molecule has 1 aromatic rings. The molecule has 0 amide bonds. The molecule has 1 aliphatic rings. The van der Waals surface area contributed by atoms with Crippen molar-refractivity contribution in [2.75, 3.05) is 12.3 Å². The minimum atomic E-state index is -3.06. The minimum Gasteiger partial charge on any atom is -0.212 e. The highest BCUT2D eigenvalue weighted by atomic mass is 32.2. The Bertz CT molecular complexity index is 576. The summed E-state index contributed by atoms with van der Waals surface area (Å²) in [6.45, 7) is 7.25. The van der Waals surface area contributed by atoms with Gasteiger partial charge >= 0.3 is 0 Å². The lowest BCUT2D eigenvalue weighted by Crippen LogP contribution is -2.27. The molecule has 0 radical (unpaired) electrons. The van der Waals surface area contributed by atoms with Crippen LogP contribution in [0.4, 0.5) is 0 Å². The average Bonchev–Trinajstić information content (AvgIpc) is 3.15. The van der Waals surface area contributed by atoms with E-state index in [0.29, 0.717) is 12.3 Å². The Balaban J connectivity index is 1.89. The van der Waals surface area contributed by atoms with E-state index in [1.807, 2.05) is 42.5 Å². The summed E-state index contributed by atoms with van der Waals surface area (Å²) in [7, 11) is -4.36. The van der Waals surface area contributed by atoms with E-state index < -0.39 is 18.1 Å². The topological polar surface area (TPSA) is 37.1 Å². The zero-order chi connectivity index (χ0) is 14.8. The molecule has 2 atom stereocenters. The average molecular weight is 310 g/mol. The van der Waals surface area contributed by atoms with Gasteiger partial charge in [-0.2, -0.15) is 4.31 Å². The normalized spacial score (nSPS) is 23.1. The molecule has 0 spiro atoms. The lowest BCUT2D eigenvalue weighted by Gasteiger charge is -2.15. The number of nitrogens with zero attached hydrogens (tertiary/aromatic N) is 1. The molecule has 0 bridgehead atoms. The summed E-state index contributed by atoms with van der Waals surface area (Å²) in [4.78, 5) is 0. The van der Waals surface area contributed by atoms with Crippen molar-refractivity contribution in [3.63, 3.8) is 0 Å². The molecule has 0 saturated carbocycles. The van der Waals surface area contributed by atoms with Crippen LogP contribution in [-0.4, -0.2) is 39.1 Å². The second-order valence-corrected chi connectivity index (χ2v) is 14.2. The van der Waals surface area contributed by atoms with Gasteiger partial charge in [-0.15, -0.1) is 0 Å². The quantitative estimate of drug-likeness (QED) is 0.598. The predicted molar refractivity (Wildman–Crippen MR) is 87.9 cm³/mol. The molecule has 5 heteroatoms. The van der Waals surface area contributed by atoms with Gasteiger partial charge in [0.25, 0.3) is 0 Å². The van der Waals surface area contributed by atoms with Crippen LogP contribution in [0.2, 0.25) is 25.7 Å². The number of hydrogen-bond acceptors (Lipinski definition) is 2. The number of rotatable bonds is 6. The van der Waals surface area contributed by atoms with Crippen LogP contribution in [0.1, 0.15) is 5.56 Å². The van der Waals surface area contributed by atoms with Crippen molar-refractivity contribution in [2.45, 2.75) is 31.7 Å². The molecule has 3 nitrogen and oxygen atoms in total. The Labute approximate surface area is 123 Å². The molecule has 1 fully saturated rings. The second kappa shape index (κ2) is 5.83. The largest absolute Gasteiger partial charge is 0.214 e. The zero-order valence-electron chi connectivity index (χ0n) is 12.4. The summed E-state index contributed by atoms with van der Waals surface area (Å²) in [5.41, 5.74) is 1.11. The van der Waals surface area contributed by atoms with E-state index >= 15 is 0 Å². The Kier molecular flexibility index (Phi) is 4.51. The van der Waals surface area contributed by atoms with Gasteiger partial charge in [0.1, 0.15) is 0 Å². The summed E-state index contributed by atoms with van der Waals surface area (Å²) >= 11 is 0. The fraction of sp³-hybridized carbons (Fsp3) is 0.467. The van der Waals surface area contributed by atoms with Crippen molar-refractivity contribution >= 4 is 24.2 Å². The van der Waals surface area contributed by atoms with Crippen molar-refractivity contribution < 1.29 is 8.42 Å². The van der Waals surface area contributed by atoms with Gasteiger partial charge < -0.3 is 0 Å². The number of hydrogen-bond donors (Lipinski definition) is 0. The van der Waals surface area contributed by atoms with E-state index in [9.17, 15) is 8.42 Å². The fourth-order valence-electron chi connectivity index (χ4n) is 1.95. The van der Waals surface area contributed by atoms with Gasteiger partial charge in [0.2, 0.25) is 10.0 Å². The maximum Gasteiger partial charge on any atom is 0.214 e. The van der Waals surface area contributed by atoms with Crippen molar-refractivity contribution in [1.82, 2.24) is 4.31 Å². The maximum absolute atomic E-state index is 12.2. The van der Waals surface area contributed by atoms with Crippen LogP contribution < -0.4 is 0 Å². The van der Waals surface area contributed by atoms with Crippen molar-refractivity contribution in [3.8, 4) is 0 Å². The highest BCUT2D eigenvalue weighted by Crippen LogP contribution is 2.26. The Morgan fingerprint density at radius 2 is 1.90 bits per heavy atom. The third kappa shape index (κ3) is 4.58. The van der Waals surface area contributed by atoms with Gasteiger partial charge in [0.05, 0.1) is 11.8 Å².